The Hall–Kier alpha value is -1.46. The zero-order valence-electron chi connectivity index (χ0n) is 6.77. The fraction of sp³-hybridized carbons (Fsp3) is 0. The molecule has 0 atom stereocenters. The van der Waals surface area contributed by atoms with Gasteiger partial charge in [0.05, 0.1) is 4.88 Å². The van der Waals surface area contributed by atoms with Gasteiger partial charge in [0.15, 0.2) is 5.82 Å². The van der Waals surface area contributed by atoms with Gasteiger partial charge >= 0.3 is 0 Å². The first-order valence-corrected chi connectivity index (χ1v) is 4.61. The van der Waals surface area contributed by atoms with Crippen LogP contribution in [-0.4, -0.2) is 9.97 Å². The summed E-state index contributed by atoms with van der Waals surface area (Å²) >= 11 is 1.60. The van der Waals surface area contributed by atoms with Crippen molar-refractivity contribution >= 4 is 17.2 Å². The molecule has 2 aromatic heterocycles. The summed E-state index contributed by atoms with van der Waals surface area (Å²) in [5.41, 5.74) is 2.48. The normalized spacial score (nSPS) is 9.92. The number of thiophene rings is 1. The van der Waals surface area contributed by atoms with Crippen LogP contribution >= 0.6 is 11.3 Å². The topological polar surface area (TPSA) is 63.8 Å². The number of hydrazine groups is 1. The predicted octanol–water partition coefficient (Wildman–Crippen LogP) is 1.49. The second-order valence-electron chi connectivity index (χ2n) is 2.39. The summed E-state index contributed by atoms with van der Waals surface area (Å²) in [6, 6.07) is 5.66. The molecule has 2 heterocycles. The van der Waals surface area contributed by atoms with E-state index in [2.05, 4.69) is 15.4 Å². The molecule has 0 spiro atoms. The quantitative estimate of drug-likeness (QED) is 0.559. The van der Waals surface area contributed by atoms with Crippen molar-refractivity contribution in [2.75, 3.05) is 5.43 Å². The van der Waals surface area contributed by atoms with E-state index in [1.165, 1.54) is 0 Å². The third-order valence-electron chi connectivity index (χ3n) is 1.55. The third-order valence-corrected chi connectivity index (χ3v) is 2.41. The number of aromatic nitrogens is 2. The van der Waals surface area contributed by atoms with Crippen molar-refractivity contribution in [1.82, 2.24) is 9.97 Å². The number of anilines is 1. The van der Waals surface area contributed by atoms with E-state index in [0.29, 0.717) is 11.6 Å². The molecule has 13 heavy (non-hydrogen) atoms. The minimum Gasteiger partial charge on any atom is -0.308 e. The van der Waals surface area contributed by atoms with Crippen LogP contribution in [-0.2, 0) is 0 Å². The molecule has 0 saturated carbocycles. The molecule has 0 aromatic carbocycles. The first kappa shape index (κ1) is 8.15. The molecule has 0 fully saturated rings. The number of nitrogen functional groups attached to an aromatic ring is 1. The Morgan fingerprint density at radius 3 is 3.00 bits per heavy atom. The molecule has 0 amide bonds. The molecule has 0 aliphatic carbocycles. The number of nitrogens with zero attached hydrogens (tertiary/aromatic N) is 2. The highest BCUT2D eigenvalue weighted by molar-refractivity contribution is 7.13. The van der Waals surface area contributed by atoms with Crippen LogP contribution < -0.4 is 11.3 Å². The lowest BCUT2D eigenvalue weighted by Gasteiger charge is -1.99. The van der Waals surface area contributed by atoms with E-state index >= 15 is 0 Å². The van der Waals surface area contributed by atoms with E-state index in [1.54, 1.807) is 23.6 Å². The smallest absolute Gasteiger partial charge is 0.171 e. The van der Waals surface area contributed by atoms with Gasteiger partial charge in [0, 0.05) is 12.3 Å². The summed E-state index contributed by atoms with van der Waals surface area (Å²) in [5, 5.41) is 1.99. The minimum absolute atomic E-state index is 0.624. The fourth-order valence-corrected chi connectivity index (χ4v) is 1.63. The van der Waals surface area contributed by atoms with Gasteiger partial charge in [0.1, 0.15) is 5.82 Å². The van der Waals surface area contributed by atoms with Crippen LogP contribution in [0, 0.1) is 0 Å². The van der Waals surface area contributed by atoms with Crippen molar-refractivity contribution in [3.63, 3.8) is 0 Å². The summed E-state index contributed by atoms with van der Waals surface area (Å²) in [6.07, 6.45) is 1.68. The van der Waals surface area contributed by atoms with Crippen LogP contribution in [0.5, 0.6) is 0 Å². The Bertz CT molecular complexity index is 385. The number of nitrogens with two attached hydrogens (primary N) is 1. The summed E-state index contributed by atoms with van der Waals surface area (Å²) in [5.74, 6) is 6.56. The van der Waals surface area contributed by atoms with E-state index in [-0.39, 0.29) is 0 Å². The molecule has 2 aromatic rings. The Morgan fingerprint density at radius 2 is 2.31 bits per heavy atom. The molecule has 0 radical (unpaired) electrons. The lowest BCUT2D eigenvalue weighted by Crippen LogP contribution is -2.08. The maximum absolute atomic E-state index is 5.24. The maximum atomic E-state index is 5.24. The summed E-state index contributed by atoms with van der Waals surface area (Å²) in [6.45, 7) is 0. The summed E-state index contributed by atoms with van der Waals surface area (Å²) < 4.78 is 0. The lowest BCUT2D eigenvalue weighted by atomic mass is 10.4. The fourth-order valence-electron chi connectivity index (χ4n) is 0.964. The monoisotopic (exact) mass is 192 g/mol. The van der Waals surface area contributed by atoms with Crippen LogP contribution in [0.1, 0.15) is 0 Å². The molecule has 0 unspecified atom stereocenters. The van der Waals surface area contributed by atoms with Crippen LogP contribution in [0.25, 0.3) is 10.7 Å². The van der Waals surface area contributed by atoms with Gasteiger partial charge in [-0.3, -0.25) is 0 Å². The number of hydrogen-bond donors (Lipinski definition) is 2. The maximum Gasteiger partial charge on any atom is 0.171 e. The van der Waals surface area contributed by atoms with E-state index in [1.807, 2.05) is 17.5 Å². The minimum atomic E-state index is 0.624. The van der Waals surface area contributed by atoms with E-state index in [0.717, 1.165) is 4.88 Å². The molecule has 5 heteroatoms. The number of nitrogens with one attached hydrogen (secondary N) is 1. The molecular formula is C8H8N4S. The lowest BCUT2D eigenvalue weighted by molar-refractivity contribution is 1.15. The first-order chi connectivity index (χ1) is 6.40. The molecule has 66 valence electrons. The molecule has 2 rings (SSSR count). The molecule has 0 aliphatic heterocycles. The highest BCUT2D eigenvalue weighted by Crippen LogP contribution is 2.20. The SMILES string of the molecule is NNc1ccnc(-c2cccs2)n1. The van der Waals surface area contributed by atoms with E-state index in [9.17, 15) is 0 Å². The molecular weight excluding hydrogens is 184 g/mol. The zero-order chi connectivity index (χ0) is 9.10. The van der Waals surface area contributed by atoms with Crippen LogP contribution in [0.3, 0.4) is 0 Å². The number of hydrogen-bond acceptors (Lipinski definition) is 5. The van der Waals surface area contributed by atoms with Crippen LogP contribution in [0.4, 0.5) is 5.82 Å². The molecule has 0 bridgehead atoms. The van der Waals surface area contributed by atoms with Gasteiger partial charge in [0.25, 0.3) is 0 Å². The highest BCUT2D eigenvalue weighted by atomic mass is 32.1. The average molecular weight is 192 g/mol. The van der Waals surface area contributed by atoms with Crippen molar-refractivity contribution in [2.24, 2.45) is 5.84 Å². The standard InChI is InChI=1S/C8H8N4S/c9-12-7-3-4-10-8(11-7)6-2-1-5-13-6/h1-5H,9H2,(H,10,11,12). The zero-order valence-corrected chi connectivity index (χ0v) is 7.58. The Labute approximate surface area is 79.4 Å². The highest BCUT2D eigenvalue weighted by Gasteiger charge is 2.01. The number of rotatable bonds is 2. The van der Waals surface area contributed by atoms with Gasteiger partial charge in [0.2, 0.25) is 0 Å². The average Bonchev–Trinajstić information content (AvgIpc) is 2.71. The largest absolute Gasteiger partial charge is 0.308 e. The van der Waals surface area contributed by atoms with Gasteiger partial charge in [-0.15, -0.1) is 11.3 Å². The van der Waals surface area contributed by atoms with Crippen molar-refractivity contribution in [2.45, 2.75) is 0 Å². The van der Waals surface area contributed by atoms with Crippen molar-refractivity contribution < 1.29 is 0 Å². The van der Waals surface area contributed by atoms with Gasteiger partial charge in [-0.2, -0.15) is 0 Å². The summed E-state index contributed by atoms with van der Waals surface area (Å²) in [4.78, 5) is 9.37. The molecule has 0 aliphatic rings. The molecule has 3 N–H and O–H groups in total. The molecule has 0 saturated heterocycles. The van der Waals surface area contributed by atoms with Gasteiger partial charge < -0.3 is 5.43 Å². The van der Waals surface area contributed by atoms with E-state index < -0.39 is 0 Å². The molecule has 4 nitrogen and oxygen atoms in total. The Kier molecular flexibility index (Phi) is 2.20. The van der Waals surface area contributed by atoms with Crippen LogP contribution in [0.2, 0.25) is 0 Å². The van der Waals surface area contributed by atoms with Gasteiger partial charge in [-0.05, 0) is 11.4 Å². The van der Waals surface area contributed by atoms with Gasteiger partial charge in [-0.25, -0.2) is 15.8 Å². The Balaban J connectivity index is 2.41. The van der Waals surface area contributed by atoms with Crippen LogP contribution in [0.15, 0.2) is 29.8 Å². The van der Waals surface area contributed by atoms with Crippen molar-refractivity contribution in [3.05, 3.63) is 29.8 Å². The Morgan fingerprint density at radius 1 is 1.38 bits per heavy atom. The van der Waals surface area contributed by atoms with E-state index in [4.69, 9.17) is 5.84 Å². The summed E-state index contributed by atoms with van der Waals surface area (Å²) in [7, 11) is 0. The van der Waals surface area contributed by atoms with Crippen molar-refractivity contribution in [3.8, 4) is 10.7 Å². The predicted molar refractivity (Wildman–Crippen MR) is 53.2 cm³/mol. The first-order valence-electron chi connectivity index (χ1n) is 3.73. The van der Waals surface area contributed by atoms with Gasteiger partial charge in [-0.1, -0.05) is 6.07 Å². The van der Waals surface area contributed by atoms with Crippen molar-refractivity contribution in [1.29, 1.82) is 0 Å². The second kappa shape index (κ2) is 3.51. The second-order valence-corrected chi connectivity index (χ2v) is 3.33. The third kappa shape index (κ3) is 1.66.